The predicted molar refractivity (Wildman–Crippen MR) is 81.2 cm³/mol. The second-order valence-corrected chi connectivity index (χ2v) is 7.33. The lowest BCUT2D eigenvalue weighted by Gasteiger charge is -2.25. The van der Waals surface area contributed by atoms with Gasteiger partial charge < -0.3 is 18.9 Å². The van der Waals surface area contributed by atoms with Crippen molar-refractivity contribution in [3.05, 3.63) is 21.9 Å². The summed E-state index contributed by atoms with van der Waals surface area (Å²) in [5.41, 5.74) is 1.25. The van der Waals surface area contributed by atoms with Crippen molar-refractivity contribution in [2.24, 2.45) is 0 Å². The predicted octanol–water partition coefficient (Wildman–Crippen LogP) is 3.62. The van der Waals surface area contributed by atoms with Gasteiger partial charge >= 0.3 is 0 Å². The second-order valence-electron chi connectivity index (χ2n) is 6.21. The summed E-state index contributed by atoms with van der Waals surface area (Å²) < 4.78 is 24.0. The van der Waals surface area contributed by atoms with Gasteiger partial charge in [-0.1, -0.05) is 13.3 Å². The molecule has 3 rings (SSSR count). The molecule has 0 aromatic carbocycles. The molecule has 2 aliphatic heterocycles. The zero-order chi connectivity index (χ0) is 15.0. The molecule has 0 spiro atoms. The molecule has 0 bridgehead atoms. The summed E-state index contributed by atoms with van der Waals surface area (Å²) in [6.07, 6.45) is 1.59. The van der Waals surface area contributed by atoms with E-state index in [0.717, 1.165) is 12.8 Å². The third-order valence-electron chi connectivity index (χ3n) is 4.06. The van der Waals surface area contributed by atoms with Crippen molar-refractivity contribution in [2.45, 2.75) is 77.5 Å². The lowest BCUT2D eigenvalue weighted by molar-refractivity contribution is -0.219. The number of thiophene rings is 1. The van der Waals surface area contributed by atoms with Gasteiger partial charge in [-0.3, -0.25) is 0 Å². The fourth-order valence-electron chi connectivity index (χ4n) is 3.01. The van der Waals surface area contributed by atoms with E-state index in [1.807, 2.05) is 13.8 Å². The summed E-state index contributed by atoms with van der Waals surface area (Å²) in [7, 11) is 0. The van der Waals surface area contributed by atoms with Crippen LogP contribution < -0.4 is 0 Å². The fourth-order valence-corrected chi connectivity index (χ4v) is 3.73. The first-order valence-electron chi connectivity index (χ1n) is 7.66. The summed E-state index contributed by atoms with van der Waals surface area (Å²) in [6.45, 7) is 8.73. The van der Waals surface area contributed by atoms with Crippen molar-refractivity contribution in [1.82, 2.24) is 0 Å². The number of hydrogen-bond acceptors (Lipinski definition) is 5. The Morgan fingerprint density at radius 1 is 1.33 bits per heavy atom. The lowest BCUT2D eigenvalue weighted by Crippen LogP contribution is -2.36. The highest BCUT2D eigenvalue weighted by molar-refractivity contribution is 7.10. The molecule has 0 unspecified atom stereocenters. The summed E-state index contributed by atoms with van der Waals surface area (Å²) >= 11 is 1.75. The number of aryl methyl sites for hydroxylation is 1. The van der Waals surface area contributed by atoms with E-state index in [0.29, 0.717) is 6.61 Å². The van der Waals surface area contributed by atoms with Crippen LogP contribution >= 0.6 is 11.3 Å². The number of hydrogen-bond donors (Lipinski definition) is 0. The molecule has 3 heterocycles. The zero-order valence-corrected chi connectivity index (χ0v) is 13.9. The molecule has 4 nitrogen and oxygen atoms in total. The molecular weight excluding hydrogens is 288 g/mol. The van der Waals surface area contributed by atoms with Crippen LogP contribution in [0, 0.1) is 6.92 Å². The first-order chi connectivity index (χ1) is 10.00. The third-order valence-corrected chi connectivity index (χ3v) is 4.95. The molecule has 118 valence electrons. The quantitative estimate of drug-likeness (QED) is 0.832. The van der Waals surface area contributed by atoms with E-state index in [-0.39, 0.29) is 24.6 Å². The molecule has 4 atom stereocenters. The molecule has 1 aromatic heterocycles. The minimum absolute atomic E-state index is 0.0556. The van der Waals surface area contributed by atoms with Crippen LogP contribution in [0.1, 0.15) is 44.1 Å². The van der Waals surface area contributed by atoms with E-state index in [2.05, 4.69) is 25.3 Å². The maximum absolute atomic E-state index is 6.18. The van der Waals surface area contributed by atoms with Crippen LogP contribution in [-0.2, 0) is 25.6 Å². The molecule has 0 radical (unpaired) electrons. The topological polar surface area (TPSA) is 36.9 Å². The van der Waals surface area contributed by atoms with Gasteiger partial charge in [0.25, 0.3) is 0 Å². The Bertz CT molecular complexity index is 484. The Balaban J connectivity index is 1.68. The molecular formula is C16H24O4S. The van der Waals surface area contributed by atoms with Gasteiger partial charge in [0.15, 0.2) is 12.1 Å². The molecule has 0 amide bonds. The van der Waals surface area contributed by atoms with Crippen molar-refractivity contribution in [3.63, 3.8) is 0 Å². The monoisotopic (exact) mass is 312 g/mol. The van der Waals surface area contributed by atoms with Crippen molar-refractivity contribution in [3.8, 4) is 0 Å². The van der Waals surface area contributed by atoms with Gasteiger partial charge in [0.1, 0.15) is 12.2 Å². The van der Waals surface area contributed by atoms with Crippen LogP contribution in [0.5, 0.6) is 0 Å². The van der Waals surface area contributed by atoms with Crippen LogP contribution in [0.4, 0.5) is 0 Å². The van der Waals surface area contributed by atoms with Crippen LogP contribution in [0.2, 0.25) is 0 Å². The fraction of sp³-hybridized carbons (Fsp3) is 0.750. The Labute approximate surface area is 130 Å². The molecule has 1 aromatic rings. The van der Waals surface area contributed by atoms with Crippen LogP contribution in [-0.4, -0.2) is 30.4 Å². The molecule has 5 heteroatoms. The van der Waals surface area contributed by atoms with Gasteiger partial charge in [0.2, 0.25) is 0 Å². The van der Waals surface area contributed by atoms with Crippen LogP contribution in [0.3, 0.4) is 0 Å². The Morgan fingerprint density at radius 3 is 2.81 bits per heavy atom. The van der Waals surface area contributed by atoms with Gasteiger partial charge in [-0.25, -0.2) is 0 Å². The molecule has 2 saturated heterocycles. The first kappa shape index (κ1) is 15.4. The molecule has 0 saturated carbocycles. The summed E-state index contributed by atoms with van der Waals surface area (Å²) in [6, 6.07) is 2.12. The van der Waals surface area contributed by atoms with E-state index in [1.54, 1.807) is 11.3 Å². The highest BCUT2D eigenvalue weighted by Crippen LogP contribution is 2.40. The van der Waals surface area contributed by atoms with Gasteiger partial charge in [-0.05, 0) is 44.2 Å². The minimum Gasteiger partial charge on any atom is -0.368 e. The van der Waals surface area contributed by atoms with Gasteiger partial charge in [-0.15, -0.1) is 11.3 Å². The number of ether oxygens (including phenoxy) is 4. The Hall–Kier alpha value is -0.460. The normalized spacial score (nSPS) is 34.3. The zero-order valence-electron chi connectivity index (χ0n) is 13.1. The maximum Gasteiger partial charge on any atom is 0.190 e. The van der Waals surface area contributed by atoms with Crippen molar-refractivity contribution < 1.29 is 18.9 Å². The second kappa shape index (κ2) is 5.97. The highest BCUT2D eigenvalue weighted by Gasteiger charge is 2.54. The van der Waals surface area contributed by atoms with E-state index < -0.39 is 5.79 Å². The largest absolute Gasteiger partial charge is 0.368 e. The smallest absolute Gasteiger partial charge is 0.190 e. The molecule has 21 heavy (non-hydrogen) atoms. The van der Waals surface area contributed by atoms with E-state index in [9.17, 15) is 0 Å². The summed E-state index contributed by atoms with van der Waals surface area (Å²) in [4.78, 5) is 1.31. The molecule has 2 aliphatic rings. The number of rotatable bonds is 5. The average molecular weight is 312 g/mol. The van der Waals surface area contributed by atoms with Gasteiger partial charge in [-0.2, -0.15) is 0 Å². The minimum atomic E-state index is -0.591. The standard InChI is InChI=1S/C16H24O4S/c1-5-6-12-13(17-9-11-7-8-21-10(11)2)14-15(18-12)20-16(3,4)19-14/h7-8,12-15H,5-6,9H2,1-4H3/t12-,13+,14-,15-/m1/s1. The summed E-state index contributed by atoms with van der Waals surface area (Å²) in [5, 5.41) is 2.10. The SMILES string of the molecule is CCC[C@H]1O[C@@H]2OC(C)(C)O[C@@H]2[C@H]1OCc1ccsc1C. The Morgan fingerprint density at radius 2 is 2.14 bits per heavy atom. The first-order valence-corrected chi connectivity index (χ1v) is 8.54. The van der Waals surface area contributed by atoms with Gasteiger partial charge in [0.05, 0.1) is 12.7 Å². The van der Waals surface area contributed by atoms with Crippen LogP contribution in [0.15, 0.2) is 11.4 Å². The average Bonchev–Trinajstić information content (AvgIpc) is 3.01. The molecule has 0 aliphatic carbocycles. The lowest BCUT2D eigenvalue weighted by atomic mass is 10.1. The van der Waals surface area contributed by atoms with Crippen molar-refractivity contribution in [1.29, 1.82) is 0 Å². The van der Waals surface area contributed by atoms with E-state index in [1.165, 1.54) is 10.4 Å². The molecule has 0 N–H and O–H groups in total. The maximum atomic E-state index is 6.18. The van der Waals surface area contributed by atoms with Crippen LogP contribution in [0.25, 0.3) is 0 Å². The van der Waals surface area contributed by atoms with Crippen molar-refractivity contribution in [2.75, 3.05) is 0 Å². The van der Waals surface area contributed by atoms with Crippen molar-refractivity contribution >= 4 is 11.3 Å². The third kappa shape index (κ3) is 3.17. The van der Waals surface area contributed by atoms with Gasteiger partial charge in [0, 0.05) is 4.88 Å². The number of fused-ring (bicyclic) bond motifs is 1. The highest BCUT2D eigenvalue weighted by atomic mass is 32.1. The summed E-state index contributed by atoms with van der Waals surface area (Å²) in [5.74, 6) is -0.591. The Kier molecular flexibility index (Phi) is 4.39. The van der Waals surface area contributed by atoms with E-state index in [4.69, 9.17) is 18.9 Å². The molecule has 2 fully saturated rings. The van der Waals surface area contributed by atoms with E-state index >= 15 is 0 Å².